The summed E-state index contributed by atoms with van der Waals surface area (Å²) in [5.41, 5.74) is 2.73. The molecule has 0 fully saturated rings. The van der Waals surface area contributed by atoms with Crippen LogP contribution in [0.15, 0.2) is 22.6 Å². The molecule has 1 rings (SSSR count). The number of Topliss-reactive ketones (excluding diaryl/α,β-unsaturated/α-hetero) is 2. The fourth-order valence-electron chi connectivity index (χ4n) is 3.06. The maximum Gasteiger partial charge on any atom is 0.138 e. The number of carbonyl (C=O) groups excluding carboxylic acids is 2. The van der Waals surface area contributed by atoms with Gasteiger partial charge in [0.05, 0.1) is 22.9 Å². The average Bonchev–Trinajstić information content (AvgIpc) is 3.11. The first-order valence-electron chi connectivity index (χ1n) is 10.2. The van der Waals surface area contributed by atoms with Crippen LogP contribution in [0.3, 0.4) is 0 Å². The van der Waals surface area contributed by atoms with Gasteiger partial charge in [0, 0.05) is 30.1 Å². The molecule has 1 heterocycles. The number of ketones is 2. The third-order valence-electron chi connectivity index (χ3n) is 5.38. The van der Waals surface area contributed by atoms with Crippen molar-refractivity contribution in [3.8, 4) is 0 Å². The number of aryl methyl sites for hydroxylation is 1. The maximum absolute atomic E-state index is 12.4. The molecule has 0 amide bonds. The van der Waals surface area contributed by atoms with E-state index in [-0.39, 0.29) is 11.6 Å². The molecule has 0 saturated heterocycles. The Morgan fingerprint density at radius 3 is 2.31 bits per heavy atom. The fourth-order valence-corrected chi connectivity index (χ4v) is 3.63. The molecule has 1 aromatic heterocycles. The second-order valence-electron chi connectivity index (χ2n) is 7.84. The minimum Gasteiger partial charge on any atom is -0.392 e. The number of aromatic nitrogens is 1. The highest BCUT2D eigenvalue weighted by molar-refractivity contribution is 7.09. The van der Waals surface area contributed by atoms with E-state index in [0.717, 1.165) is 21.8 Å². The quantitative estimate of drug-likeness (QED) is 0.485. The first kappa shape index (κ1) is 25.4. The topological polar surface area (TPSA) is 87.5 Å². The Labute approximate surface area is 178 Å². The van der Waals surface area contributed by atoms with Crippen LogP contribution < -0.4 is 0 Å². The predicted molar refractivity (Wildman–Crippen MR) is 119 cm³/mol. The number of thiazole rings is 1. The number of aliphatic hydroxyl groups excluding tert-OH is 2. The highest BCUT2D eigenvalue weighted by Gasteiger charge is 2.29. The van der Waals surface area contributed by atoms with Crippen LogP contribution in [0.25, 0.3) is 6.08 Å². The third-order valence-corrected chi connectivity index (χ3v) is 6.17. The summed E-state index contributed by atoms with van der Waals surface area (Å²) in [4.78, 5) is 28.5. The molecule has 0 aliphatic rings. The summed E-state index contributed by atoms with van der Waals surface area (Å²) in [7, 11) is 0. The number of allylic oxidation sites excluding steroid dienone is 1. The Balaban J connectivity index is 2.53. The number of hydrogen-bond donors (Lipinski definition) is 2. The molecule has 5 nitrogen and oxygen atoms in total. The number of aliphatic hydroxyl groups is 2. The zero-order valence-electron chi connectivity index (χ0n) is 18.4. The Morgan fingerprint density at radius 1 is 1.14 bits per heavy atom. The molecule has 4 atom stereocenters. The molecule has 2 N–H and O–H groups in total. The van der Waals surface area contributed by atoms with E-state index in [9.17, 15) is 19.8 Å². The second-order valence-corrected chi connectivity index (χ2v) is 8.90. The lowest BCUT2D eigenvalue weighted by molar-refractivity contribution is -0.131. The van der Waals surface area contributed by atoms with Crippen LogP contribution in [0.1, 0.15) is 71.0 Å². The van der Waals surface area contributed by atoms with Crippen molar-refractivity contribution in [2.75, 3.05) is 0 Å². The molecular weight excluding hydrogens is 386 g/mol. The van der Waals surface area contributed by atoms with E-state index in [2.05, 4.69) is 4.98 Å². The highest BCUT2D eigenvalue weighted by atomic mass is 32.1. The number of hydrogen-bond acceptors (Lipinski definition) is 6. The highest BCUT2D eigenvalue weighted by Crippen LogP contribution is 2.20. The monoisotopic (exact) mass is 421 g/mol. The fraction of sp³-hybridized carbons (Fsp3) is 0.609. The van der Waals surface area contributed by atoms with Gasteiger partial charge < -0.3 is 10.2 Å². The van der Waals surface area contributed by atoms with E-state index < -0.39 is 24.0 Å². The van der Waals surface area contributed by atoms with Crippen molar-refractivity contribution in [3.05, 3.63) is 33.3 Å². The molecule has 162 valence electrons. The van der Waals surface area contributed by atoms with Crippen LogP contribution in [-0.2, 0) is 9.59 Å². The molecule has 6 heteroatoms. The molecule has 0 bridgehead atoms. The Kier molecular flexibility index (Phi) is 10.6. The molecule has 0 aromatic carbocycles. The molecule has 0 spiro atoms. The first-order valence-corrected chi connectivity index (χ1v) is 11.1. The minimum absolute atomic E-state index is 0.0292. The summed E-state index contributed by atoms with van der Waals surface area (Å²) in [6.45, 7) is 10.9. The van der Waals surface area contributed by atoms with Gasteiger partial charge in [-0.05, 0) is 45.3 Å². The van der Waals surface area contributed by atoms with Gasteiger partial charge in [-0.15, -0.1) is 11.3 Å². The van der Waals surface area contributed by atoms with Gasteiger partial charge in [0.1, 0.15) is 11.6 Å². The normalized spacial score (nSPS) is 17.0. The molecule has 0 saturated carbocycles. The van der Waals surface area contributed by atoms with Crippen molar-refractivity contribution in [1.29, 1.82) is 0 Å². The van der Waals surface area contributed by atoms with Crippen LogP contribution >= 0.6 is 11.3 Å². The summed E-state index contributed by atoms with van der Waals surface area (Å²) in [6.07, 6.45) is 4.04. The largest absolute Gasteiger partial charge is 0.392 e. The maximum atomic E-state index is 12.4. The minimum atomic E-state index is -0.941. The predicted octanol–water partition coefficient (Wildman–Crippen LogP) is 4.51. The van der Waals surface area contributed by atoms with Gasteiger partial charge in [0.15, 0.2) is 0 Å². The van der Waals surface area contributed by atoms with Crippen molar-refractivity contribution in [2.24, 2.45) is 11.8 Å². The lowest BCUT2D eigenvalue weighted by Gasteiger charge is -2.23. The van der Waals surface area contributed by atoms with E-state index in [1.54, 1.807) is 32.1 Å². The molecule has 0 unspecified atom stereocenters. The standard InChI is InChI=1S/C23H35NO4S/c1-7-20(25)16(4)23(28)17(5)22(27)11-9-14(2)8-10-21(26)15(3)12-19-13-29-18(6)24-19/h8,12-13,16-17,21,23,26,28H,7,9-11H2,1-6H3/b14-8-,15-12+/t16-,17-,21-,23+/m0/s1. The molecular formula is C23H35NO4S. The summed E-state index contributed by atoms with van der Waals surface area (Å²) in [5, 5.41) is 23.6. The van der Waals surface area contributed by atoms with Crippen molar-refractivity contribution < 1.29 is 19.8 Å². The van der Waals surface area contributed by atoms with E-state index >= 15 is 0 Å². The lowest BCUT2D eigenvalue weighted by Crippen LogP contribution is -2.35. The van der Waals surface area contributed by atoms with E-state index in [4.69, 9.17) is 0 Å². The first-order chi connectivity index (χ1) is 13.6. The third kappa shape index (κ3) is 8.33. The van der Waals surface area contributed by atoms with Crippen molar-refractivity contribution >= 4 is 29.0 Å². The Bertz CT molecular complexity index is 750. The summed E-state index contributed by atoms with van der Waals surface area (Å²) in [5.74, 6) is -1.16. The van der Waals surface area contributed by atoms with E-state index in [1.165, 1.54) is 0 Å². The van der Waals surface area contributed by atoms with Crippen LogP contribution in [0.2, 0.25) is 0 Å². The number of nitrogens with zero attached hydrogens (tertiary/aromatic N) is 1. The lowest BCUT2D eigenvalue weighted by atomic mass is 9.85. The van der Waals surface area contributed by atoms with E-state index in [0.29, 0.717) is 25.7 Å². The van der Waals surface area contributed by atoms with Crippen molar-refractivity contribution in [3.63, 3.8) is 0 Å². The SMILES string of the molecule is CCC(=O)[C@H](C)[C@@H](O)[C@@H](C)C(=O)CC/C(C)=C\C[C@H](O)/C(C)=C/c1csc(C)n1. The van der Waals surface area contributed by atoms with E-state index in [1.807, 2.05) is 38.3 Å². The zero-order valence-corrected chi connectivity index (χ0v) is 19.3. The van der Waals surface area contributed by atoms with Gasteiger partial charge in [-0.1, -0.05) is 32.4 Å². The number of carbonyl (C=O) groups is 2. The summed E-state index contributed by atoms with van der Waals surface area (Å²) < 4.78 is 0. The molecule has 29 heavy (non-hydrogen) atoms. The molecule has 1 aromatic rings. The zero-order chi connectivity index (χ0) is 22.1. The van der Waals surface area contributed by atoms with Gasteiger partial charge in [0.2, 0.25) is 0 Å². The summed E-state index contributed by atoms with van der Waals surface area (Å²) >= 11 is 1.58. The average molecular weight is 422 g/mol. The molecule has 0 radical (unpaired) electrons. The number of rotatable bonds is 12. The Hall–Kier alpha value is -1.63. The van der Waals surface area contributed by atoms with Gasteiger partial charge in [-0.25, -0.2) is 4.98 Å². The van der Waals surface area contributed by atoms with Crippen LogP contribution in [0.4, 0.5) is 0 Å². The van der Waals surface area contributed by atoms with Crippen molar-refractivity contribution in [1.82, 2.24) is 4.98 Å². The van der Waals surface area contributed by atoms with Crippen LogP contribution in [-0.4, -0.2) is 39.0 Å². The van der Waals surface area contributed by atoms with Gasteiger partial charge in [-0.3, -0.25) is 9.59 Å². The second kappa shape index (κ2) is 12.2. The van der Waals surface area contributed by atoms with Crippen LogP contribution in [0.5, 0.6) is 0 Å². The van der Waals surface area contributed by atoms with Crippen molar-refractivity contribution in [2.45, 2.75) is 79.4 Å². The van der Waals surface area contributed by atoms with Crippen LogP contribution in [0, 0.1) is 18.8 Å². The smallest absolute Gasteiger partial charge is 0.138 e. The molecule has 0 aliphatic heterocycles. The Morgan fingerprint density at radius 2 is 1.76 bits per heavy atom. The summed E-state index contributed by atoms with van der Waals surface area (Å²) in [6, 6.07) is 0. The van der Waals surface area contributed by atoms with Gasteiger partial charge >= 0.3 is 0 Å². The van der Waals surface area contributed by atoms with Gasteiger partial charge in [-0.2, -0.15) is 0 Å². The molecule has 0 aliphatic carbocycles. The van der Waals surface area contributed by atoms with Gasteiger partial charge in [0.25, 0.3) is 0 Å².